The summed E-state index contributed by atoms with van der Waals surface area (Å²) in [6.07, 6.45) is 2.74. The van der Waals surface area contributed by atoms with Gasteiger partial charge in [-0.05, 0) is 19.1 Å². The molecule has 0 aromatic carbocycles. The van der Waals surface area contributed by atoms with E-state index < -0.39 is 0 Å². The van der Waals surface area contributed by atoms with Crippen LogP contribution >= 0.6 is 0 Å². The Kier molecular flexibility index (Phi) is 2.90. The topological polar surface area (TPSA) is 53.6 Å². The Hall–Kier alpha value is -1.84. The highest BCUT2D eigenvalue weighted by atomic mass is 15.0. The molecule has 4 nitrogen and oxygen atoms in total. The molecule has 0 amide bonds. The molecule has 0 fully saturated rings. The summed E-state index contributed by atoms with van der Waals surface area (Å²) in [6.45, 7) is 4.09. The van der Waals surface area contributed by atoms with Crippen molar-refractivity contribution in [3.8, 4) is 11.4 Å². The van der Waals surface area contributed by atoms with E-state index in [4.69, 9.17) is 0 Å². The van der Waals surface area contributed by atoms with Gasteiger partial charge in [-0.3, -0.25) is 0 Å². The highest BCUT2D eigenvalue weighted by Gasteiger charge is 2.11. The predicted octanol–water partition coefficient (Wildman–Crippen LogP) is 2.38. The summed E-state index contributed by atoms with van der Waals surface area (Å²) in [4.78, 5) is 12.2. The zero-order chi connectivity index (χ0) is 11.5. The summed E-state index contributed by atoms with van der Waals surface area (Å²) in [5.41, 5.74) is 3.08. The second-order valence-electron chi connectivity index (χ2n) is 3.65. The van der Waals surface area contributed by atoms with Crippen LogP contribution < -0.4 is 5.32 Å². The molecule has 0 aliphatic carbocycles. The monoisotopic (exact) mass is 216 g/mol. The molecule has 4 heteroatoms. The number of H-pyrrole nitrogens is 1. The fraction of sp³-hybridized carbons (Fsp3) is 0.333. The Morgan fingerprint density at radius 2 is 2.19 bits per heavy atom. The van der Waals surface area contributed by atoms with E-state index >= 15 is 0 Å². The van der Waals surface area contributed by atoms with E-state index in [2.05, 4.69) is 27.2 Å². The van der Waals surface area contributed by atoms with E-state index in [0.29, 0.717) is 0 Å². The molecule has 2 N–H and O–H groups in total. The highest BCUT2D eigenvalue weighted by Crippen LogP contribution is 2.24. The van der Waals surface area contributed by atoms with Crippen LogP contribution in [0.4, 0.5) is 5.82 Å². The summed E-state index contributed by atoms with van der Waals surface area (Å²) in [5.74, 6) is 1.76. The minimum atomic E-state index is 0.836. The van der Waals surface area contributed by atoms with E-state index in [1.807, 2.05) is 32.3 Å². The Bertz CT molecular complexity index is 474. The van der Waals surface area contributed by atoms with Crippen LogP contribution in [-0.4, -0.2) is 22.0 Å². The van der Waals surface area contributed by atoms with Crippen LogP contribution in [0.15, 0.2) is 18.3 Å². The van der Waals surface area contributed by atoms with Gasteiger partial charge in [-0.25, -0.2) is 9.97 Å². The maximum absolute atomic E-state index is 4.56. The van der Waals surface area contributed by atoms with Gasteiger partial charge in [0.05, 0.1) is 11.4 Å². The van der Waals surface area contributed by atoms with E-state index in [9.17, 15) is 0 Å². The van der Waals surface area contributed by atoms with Crippen LogP contribution in [0.5, 0.6) is 0 Å². The van der Waals surface area contributed by atoms with E-state index in [0.717, 1.165) is 35.0 Å². The summed E-state index contributed by atoms with van der Waals surface area (Å²) >= 11 is 0. The molecule has 0 aliphatic heterocycles. The second kappa shape index (κ2) is 4.35. The number of hydrogen-bond donors (Lipinski definition) is 2. The lowest BCUT2D eigenvalue weighted by Gasteiger charge is -2.10. The Morgan fingerprint density at radius 3 is 2.75 bits per heavy atom. The lowest BCUT2D eigenvalue weighted by atomic mass is 10.1. The van der Waals surface area contributed by atoms with Crippen molar-refractivity contribution in [2.24, 2.45) is 0 Å². The molecule has 0 atom stereocenters. The first-order chi connectivity index (χ1) is 7.76. The summed E-state index contributed by atoms with van der Waals surface area (Å²) in [5, 5.41) is 3.11. The van der Waals surface area contributed by atoms with Gasteiger partial charge in [0, 0.05) is 25.2 Å². The van der Waals surface area contributed by atoms with Crippen molar-refractivity contribution in [1.82, 2.24) is 15.0 Å². The maximum Gasteiger partial charge on any atom is 0.133 e. The van der Waals surface area contributed by atoms with E-state index in [-0.39, 0.29) is 0 Å². The predicted molar refractivity (Wildman–Crippen MR) is 65.5 cm³/mol. The van der Waals surface area contributed by atoms with Crippen LogP contribution in [0.2, 0.25) is 0 Å². The lowest BCUT2D eigenvalue weighted by molar-refractivity contribution is 0.934. The molecule has 0 saturated heterocycles. The van der Waals surface area contributed by atoms with Gasteiger partial charge in [-0.2, -0.15) is 0 Å². The van der Waals surface area contributed by atoms with Gasteiger partial charge in [0.2, 0.25) is 0 Å². The smallest absolute Gasteiger partial charge is 0.133 e. The molecule has 16 heavy (non-hydrogen) atoms. The summed E-state index contributed by atoms with van der Waals surface area (Å²) in [6, 6.07) is 4.00. The van der Waals surface area contributed by atoms with Gasteiger partial charge in [0.1, 0.15) is 11.6 Å². The minimum Gasteiger partial charge on any atom is -0.373 e. The van der Waals surface area contributed by atoms with Crippen LogP contribution in [0.3, 0.4) is 0 Å². The molecule has 0 spiro atoms. The lowest BCUT2D eigenvalue weighted by Crippen LogP contribution is -2.04. The number of anilines is 1. The molecular formula is C12H16N4. The standard InChI is InChI=1S/C12H16N4/c1-4-10-15-11(9-6-5-7-14-9)8(2)12(13-3)16-10/h5-7,14H,4H2,1-3H3,(H,13,15,16). The molecule has 0 saturated carbocycles. The van der Waals surface area contributed by atoms with Crippen LogP contribution in [-0.2, 0) is 6.42 Å². The van der Waals surface area contributed by atoms with Crippen molar-refractivity contribution in [2.75, 3.05) is 12.4 Å². The molecule has 84 valence electrons. The first-order valence-electron chi connectivity index (χ1n) is 5.45. The third-order valence-electron chi connectivity index (χ3n) is 2.60. The van der Waals surface area contributed by atoms with Crippen molar-refractivity contribution < 1.29 is 0 Å². The van der Waals surface area contributed by atoms with Gasteiger partial charge >= 0.3 is 0 Å². The minimum absolute atomic E-state index is 0.836. The van der Waals surface area contributed by atoms with E-state index in [1.54, 1.807) is 0 Å². The van der Waals surface area contributed by atoms with Crippen LogP contribution in [0.1, 0.15) is 18.3 Å². The van der Waals surface area contributed by atoms with Crippen LogP contribution in [0, 0.1) is 6.92 Å². The fourth-order valence-corrected chi connectivity index (χ4v) is 1.70. The molecule has 2 aromatic heterocycles. The number of rotatable bonds is 3. The average Bonchev–Trinajstić information content (AvgIpc) is 2.83. The molecule has 2 rings (SSSR count). The number of aromatic nitrogens is 3. The molecule has 2 aromatic rings. The highest BCUT2D eigenvalue weighted by molar-refractivity contribution is 5.65. The van der Waals surface area contributed by atoms with Crippen LogP contribution in [0.25, 0.3) is 11.4 Å². The van der Waals surface area contributed by atoms with Crippen molar-refractivity contribution >= 4 is 5.82 Å². The quantitative estimate of drug-likeness (QED) is 0.828. The van der Waals surface area contributed by atoms with Gasteiger partial charge < -0.3 is 10.3 Å². The average molecular weight is 216 g/mol. The summed E-state index contributed by atoms with van der Waals surface area (Å²) in [7, 11) is 1.88. The van der Waals surface area contributed by atoms with Crippen molar-refractivity contribution in [1.29, 1.82) is 0 Å². The molecule has 0 aliphatic rings. The van der Waals surface area contributed by atoms with Gasteiger partial charge in [0.15, 0.2) is 0 Å². The fourth-order valence-electron chi connectivity index (χ4n) is 1.70. The molecule has 0 unspecified atom stereocenters. The molecule has 2 heterocycles. The zero-order valence-corrected chi connectivity index (χ0v) is 9.83. The molecule has 0 bridgehead atoms. The Balaban J connectivity index is 2.59. The second-order valence-corrected chi connectivity index (χ2v) is 3.65. The number of hydrogen-bond acceptors (Lipinski definition) is 3. The Labute approximate surface area is 95.1 Å². The van der Waals surface area contributed by atoms with Crippen molar-refractivity contribution in [3.63, 3.8) is 0 Å². The maximum atomic E-state index is 4.56. The number of aromatic amines is 1. The van der Waals surface area contributed by atoms with Gasteiger partial charge in [-0.15, -0.1) is 0 Å². The van der Waals surface area contributed by atoms with Crippen molar-refractivity contribution in [3.05, 3.63) is 29.7 Å². The number of nitrogens with zero attached hydrogens (tertiary/aromatic N) is 2. The van der Waals surface area contributed by atoms with Gasteiger partial charge in [0.25, 0.3) is 0 Å². The normalized spacial score (nSPS) is 10.4. The number of nitrogens with one attached hydrogen (secondary N) is 2. The van der Waals surface area contributed by atoms with E-state index in [1.165, 1.54) is 0 Å². The molecular weight excluding hydrogens is 200 g/mol. The number of aryl methyl sites for hydroxylation is 1. The Morgan fingerprint density at radius 1 is 1.38 bits per heavy atom. The third kappa shape index (κ3) is 1.78. The third-order valence-corrected chi connectivity index (χ3v) is 2.60. The first kappa shape index (κ1) is 10.7. The largest absolute Gasteiger partial charge is 0.373 e. The molecule has 0 radical (unpaired) electrons. The zero-order valence-electron chi connectivity index (χ0n) is 9.83. The van der Waals surface area contributed by atoms with Crippen molar-refractivity contribution in [2.45, 2.75) is 20.3 Å². The van der Waals surface area contributed by atoms with Gasteiger partial charge in [-0.1, -0.05) is 6.92 Å². The first-order valence-corrected chi connectivity index (χ1v) is 5.45. The summed E-state index contributed by atoms with van der Waals surface area (Å²) < 4.78 is 0. The SMILES string of the molecule is CCc1nc(NC)c(C)c(-c2ccc[nH]2)n1.